The van der Waals surface area contributed by atoms with Crippen LogP contribution in [0.5, 0.6) is 34.5 Å². The lowest BCUT2D eigenvalue weighted by Gasteiger charge is -2.19. The van der Waals surface area contributed by atoms with Gasteiger partial charge in [-0.15, -0.1) is 0 Å². The van der Waals surface area contributed by atoms with Crippen molar-refractivity contribution >= 4 is 11.0 Å². The van der Waals surface area contributed by atoms with Crippen LogP contribution in [-0.4, -0.2) is 76.1 Å². The Kier molecular flexibility index (Phi) is 6.15. The van der Waals surface area contributed by atoms with Crippen LogP contribution < -0.4 is 19.6 Å². The molecule has 4 unspecified atom stereocenters. The molecule has 1 saturated heterocycles. The molecule has 1 fully saturated rings. The molecule has 0 bridgehead atoms. The minimum atomic E-state index is -1.63. The van der Waals surface area contributed by atoms with E-state index in [-0.39, 0.29) is 45.3 Å². The molecule has 182 valence electrons. The molecule has 0 aliphatic carbocycles. The highest BCUT2D eigenvalue weighted by molar-refractivity contribution is 5.88. The predicted octanol–water partition coefficient (Wildman–Crippen LogP) is 0.412. The van der Waals surface area contributed by atoms with Gasteiger partial charge in [0.25, 0.3) is 0 Å². The zero-order chi connectivity index (χ0) is 24.7. The fourth-order valence-electron chi connectivity index (χ4n) is 3.67. The Bertz CT molecular complexity index is 1260. The normalized spacial score (nSPS) is 22.1. The van der Waals surface area contributed by atoms with E-state index in [1.165, 1.54) is 26.4 Å². The van der Waals surface area contributed by atoms with Crippen molar-refractivity contribution in [3.05, 3.63) is 34.5 Å². The Hall–Kier alpha value is -3.71. The van der Waals surface area contributed by atoms with Gasteiger partial charge in [-0.2, -0.15) is 0 Å². The number of aromatic hydroxyl groups is 3. The number of phenols is 3. The number of phenolic OH excluding ortho intramolecular Hbond substituents is 3. The van der Waals surface area contributed by atoms with Crippen molar-refractivity contribution in [3.8, 4) is 45.8 Å². The van der Waals surface area contributed by atoms with E-state index in [9.17, 15) is 35.4 Å². The van der Waals surface area contributed by atoms with Crippen LogP contribution in [0.3, 0.4) is 0 Å². The Balaban J connectivity index is 1.97. The van der Waals surface area contributed by atoms with Crippen molar-refractivity contribution in [2.45, 2.75) is 24.6 Å². The first-order valence-corrected chi connectivity index (χ1v) is 9.97. The third-order valence-electron chi connectivity index (χ3n) is 5.39. The molecule has 0 amide bonds. The van der Waals surface area contributed by atoms with Crippen LogP contribution in [0, 0.1) is 0 Å². The van der Waals surface area contributed by atoms with Crippen LogP contribution in [0.2, 0.25) is 0 Å². The van der Waals surface area contributed by atoms with Gasteiger partial charge in [0, 0.05) is 17.7 Å². The summed E-state index contributed by atoms with van der Waals surface area (Å²) in [4.78, 5) is 13.4. The lowest BCUT2D eigenvalue weighted by atomic mass is 10.1. The number of fused-ring (bicyclic) bond motifs is 1. The van der Waals surface area contributed by atoms with Crippen molar-refractivity contribution in [2.24, 2.45) is 0 Å². The topological polar surface area (TPSA) is 189 Å². The number of aliphatic hydroxyl groups excluding tert-OH is 3. The lowest BCUT2D eigenvalue weighted by molar-refractivity contribution is -0.117. The van der Waals surface area contributed by atoms with E-state index in [1.54, 1.807) is 0 Å². The monoisotopic (exact) mass is 478 g/mol. The van der Waals surface area contributed by atoms with Crippen LogP contribution in [0.25, 0.3) is 22.3 Å². The van der Waals surface area contributed by atoms with E-state index in [1.807, 2.05) is 0 Å². The number of hydrogen-bond donors (Lipinski definition) is 6. The fourth-order valence-corrected chi connectivity index (χ4v) is 3.67. The lowest BCUT2D eigenvalue weighted by Crippen LogP contribution is -2.36. The fraction of sp³-hybridized carbons (Fsp3) is 0.318. The van der Waals surface area contributed by atoms with Crippen molar-refractivity contribution in [3.63, 3.8) is 0 Å². The molecule has 12 heteroatoms. The van der Waals surface area contributed by atoms with Gasteiger partial charge in [-0.25, -0.2) is 0 Å². The summed E-state index contributed by atoms with van der Waals surface area (Å²) >= 11 is 0. The number of methoxy groups -OCH3 is 2. The van der Waals surface area contributed by atoms with E-state index in [2.05, 4.69) is 0 Å². The highest BCUT2D eigenvalue weighted by atomic mass is 16.7. The molecule has 4 rings (SSSR count). The Morgan fingerprint density at radius 2 is 1.62 bits per heavy atom. The zero-order valence-electron chi connectivity index (χ0n) is 18.0. The quantitative estimate of drug-likeness (QED) is 0.287. The highest BCUT2D eigenvalue weighted by Crippen LogP contribution is 2.44. The molecule has 1 aliphatic heterocycles. The van der Waals surface area contributed by atoms with Crippen molar-refractivity contribution in [1.82, 2.24) is 0 Å². The average molecular weight is 478 g/mol. The van der Waals surface area contributed by atoms with Gasteiger partial charge in [0.15, 0.2) is 17.3 Å². The summed E-state index contributed by atoms with van der Waals surface area (Å²) < 4.78 is 27.0. The summed E-state index contributed by atoms with van der Waals surface area (Å²) in [6.45, 7) is -0.621. The summed E-state index contributed by atoms with van der Waals surface area (Å²) in [5.74, 6) is -2.14. The molecule has 2 aromatic carbocycles. The summed E-state index contributed by atoms with van der Waals surface area (Å²) in [5, 5.41) is 59.6. The van der Waals surface area contributed by atoms with Gasteiger partial charge < -0.3 is 54.0 Å². The molecule has 6 N–H and O–H groups in total. The minimum absolute atomic E-state index is 0.0327. The molecule has 0 spiro atoms. The van der Waals surface area contributed by atoms with E-state index in [0.29, 0.717) is 0 Å². The second-order valence-corrected chi connectivity index (χ2v) is 7.48. The highest BCUT2D eigenvalue weighted by Gasteiger charge is 2.44. The number of benzene rings is 2. The van der Waals surface area contributed by atoms with Crippen LogP contribution in [0.15, 0.2) is 33.5 Å². The molecule has 1 aromatic heterocycles. The smallest absolute Gasteiger partial charge is 0.239 e. The van der Waals surface area contributed by atoms with E-state index in [0.717, 1.165) is 12.1 Å². The SMILES string of the molecule is COc1cc(-c2oc3cc(O)cc(O)c3c(=O)c2OC2OC(CO)C(O)C2O)cc(OC)c1O. The molecule has 0 radical (unpaired) electrons. The van der Waals surface area contributed by atoms with Crippen molar-refractivity contribution in [1.29, 1.82) is 0 Å². The minimum Gasteiger partial charge on any atom is -0.508 e. The molecule has 3 aromatic rings. The third-order valence-corrected chi connectivity index (χ3v) is 5.39. The second-order valence-electron chi connectivity index (χ2n) is 7.48. The molecular weight excluding hydrogens is 456 g/mol. The van der Waals surface area contributed by atoms with E-state index >= 15 is 0 Å². The average Bonchev–Trinajstić information content (AvgIpc) is 3.08. The maximum Gasteiger partial charge on any atom is 0.239 e. The van der Waals surface area contributed by atoms with Gasteiger partial charge in [0.2, 0.25) is 23.2 Å². The zero-order valence-corrected chi connectivity index (χ0v) is 18.0. The molecule has 0 saturated carbocycles. The van der Waals surface area contributed by atoms with Crippen LogP contribution in [0.1, 0.15) is 0 Å². The van der Waals surface area contributed by atoms with Gasteiger partial charge in [-0.1, -0.05) is 0 Å². The van der Waals surface area contributed by atoms with Crippen molar-refractivity contribution in [2.75, 3.05) is 20.8 Å². The molecule has 4 atom stereocenters. The second kappa shape index (κ2) is 8.91. The number of rotatable bonds is 6. The molecule has 1 aliphatic rings. The third kappa shape index (κ3) is 3.82. The maximum atomic E-state index is 13.4. The first-order valence-electron chi connectivity index (χ1n) is 9.97. The van der Waals surface area contributed by atoms with Crippen LogP contribution in [0.4, 0.5) is 0 Å². The first kappa shape index (κ1) is 23.4. The van der Waals surface area contributed by atoms with Crippen LogP contribution >= 0.6 is 0 Å². The summed E-state index contributed by atoms with van der Waals surface area (Å²) in [5.41, 5.74) is -0.968. The van der Waals surface area contributed by atoms with E-state index in [4.69, 9.17) is 23.4 Å². The molecular formula is C22H22O12. The largest absolute Gasteiger partial charge is 0.508 e. The van der Waals surface area contributed by atoms with Crippen molar-refractivity contribution < 1.29 is 54.0 Å². The van der Waals surface area contributed by atoms with E-state index < -0.39 is 48.1 Å². The summed E-state index contributed by atoms with van der Waals surface area (Å²) in [7, 11) is 2.59. The number of ether oxygens (including phenoxy) is 4. The molecule has 34 heavy (non-hydrogen) atoms. The summed E-state index contributed by atoms with van der Waals surface area (Å²) in [6, 6.07) is 4.66. The van der Waals surface area contributed by atoms with Gasteiger partial charge in [0.05, 0.1) is 20.8 Å². The van der Waals surface area contributed by atoms with Gasteiger partial charge in [-0.3, -0.25) is 4.79 Å². The van der Waals surface area contributed by atoms with Gasteiger partial charge >= 0.3 is 0 Å². The van der Waals surface area contributed by atoms with Gasteiger partial charge in [0.1, 0.15) is 40.8 Å². The van der Waals surface area contributed by atoms with Gasteiger partial charge in [-0.05, 0) is 12.1 Å². The Morgan fingerprint density at radius 1 is 0.971 bits per heavy atom. The van der Waals surface area contributed by atoms with Crippen LogP contribution in [-0.2, 0) is 4.74 Å². The Morgan fingerprint density at radius 3 is 2.18 bits per heavy atom. The summed E-state index contributed by atoms with van der Waals surface area (Å²) in [6.07, 6.45) is -5.87. The maximum absolute atomic E-state index is 13.4. The molecule has 12 nitrogen and oxygen atoms in total. The predicted molar refractivity (Wildman–Crippen MR) is 114 cm³/mol. The number of aliphatic hydroxyl groups is 3. The Labute approximate surface area is 191 Å². The number of hydrogen-bond acceptors (Lipinski definition) is 12. The standard InChI is InChI=1S/C22H22O12/c1-30-12-3-8(4-13(31-2)16(12)26)20-21(34-22-19(29)17(27)14(7-23)33-22)18(28)15-10(25)5-9(24)6-11(15)32-20/h3-6,14,17,19,22-27,29H,7H2,1-2H3. The molecule has 2 heterocycles. The first-order chi connectivity index (χ1) is 16.2.